The average molecular weight is 467 g/mol. The zero-order valence-electron chi connectivity index (χ0n) is 17.0. The first kappa shape index (κ1) is 23.1. The Kier molecular flexibility index (Phi) is 8.22. The normalized spacial score (nSPS) is 17.6. The lowest BCUT2D eigenvalue weighted by Gasteiger charge is -2.31. The van der Waals surface area contributed by atoms with E-state index in [1.807, 2.05) is 0 Å². The van der Waals surface area contributed by atoms with E-state index in [0.29, 0.717) is 31.0 Å². The first-order valence-corrected chi connectivity index (χ1v) is 13.0. The highest BCUT2D eigenvalue weighted by Crippen LogP contribution is 2.25. The molecule has 8 heteroatoms. The third-order valence-electron chi connectivity index (χ3n) is 5.14. The van der Waals surface area contributed by atoms with Crippen LogP contribution in [0, 0.1) is 12.8 Å². The van der Waals surface area contributed by atoms with Crippen molar-refractivity contribution in [2.75, 3.05) is 25.4 Å². The molecule has 2 aromatic rings. The quantitative estimate of drug-likeness (QED) is 0.595. The summed E-state index contributed by atoms with van der Waals surface area (Å²) in [5.41, 5.74) is 2.52. The molecule has 0 aliphatic carbocycles. The first-order valence-electron chi connectivity index (χ1n) is 10.0. The Morgan fingerprint density at radius 3 is 2.57 bits per heavy atom. The molecule has 1 unspecified atom stereocenters. The molecule has 1 saturated heterocycles. The van der Waals surface area contributed by atoms with Crippen molar-refractivity contribution in [1.29, 1.82) is 0 Å². The van der Waals surface area contributed by atoms with E-state index in [1.165, 1.54) is 27.6 Å². The summed E-state index contributed by atoms with van der Waals surface area (Å²) in [4.78, 5) is 12.8. The van der Waals surface area contributed by atoms with Crippen LogP contribution in [0.2, 0.25) is 5.02 Å². The minimum atomic E-state index is -3.62. The van der Waals surface area contributed by atoms with Gasteiger partial charge in [-0.3, -0.25) is 4.79 Å². The van der Waals surface area contributed by atoms with E-state index in [-0.39, 0.29) is 23.3 Å². The van der Waals surface area contributed by atoms with Gasteiger partial charge in [-0.1, -0.05) is 41.4 Å². The maximum Gasteiger partial charge on any atom is 0.243 e. The molecule has 1 aliphatic heterocycles. The molecular formula is C22H27ClN2O3S2. The molecule has 30 heavy (non-hydrogen) atoms. The number of aryl methyl sites for hydroxylation is 1. The maximum absolute atomic E-state index is 12.9. The highest BCUT2D eigenvalue weighted by Gasteiger charge is 2.33. The molecule has 1 heterocycles. The number of thioether (sulfide) groups is 1. The summed E-state index contributed by atoms with van der Waals surface area (Å²) >= 11 is 7.63. The van der Waals surface area contributed by atoms with Crippen molar-refractivity contribution in [1.82, 2.24) is 9.62 Å². The smallest absolute Gasteiger partial charge is 0.243 e. The molecule has 0 bridgehead atoms. The van der Waals surface area contributed by atoms with E-state index in [9.17, 15) is 13.2 Å². The van der Waals surface area contributed by atoms with Gasteiger partial charge in [-0.05, 0) is 49.6 Å². The molecule has 0 radical (unpaired) electrons. The van der Waals surface area contributed by atoms with Gasteiger partial charge < -0.3 is 5.32 Å². The van der Waals surface area contributed by atoms with Crippen LogP contribution in [0.5, 0.6) is 0 Å². The van der Waals surface area contributed by atoms with Gasteiger partial charge >= 0.3 is 0 Å². The number of hydrogen-bond acceptors (Lipinski definition) is 4. The maximum atomic E-state index is 12.9. The molecule has 1 fully saturated rings. The van der Waals surface area contributed by atoms with Gasteiger partial charge in [0.2, 0.25) is 15.9 Å². The standard InChI is InChI=1S/C22H27ClN2O3S2/c1-17-4-6-18(7-5-17)16-29-14-12-24-22(26)19-3-2-13-25(15-19)30(27,28)21-10-8-20(23)9-11-21/h4-11,19H,2-3,12-16H2,1H3,(H,24,26). The number of rotatable bonds is 8. The lowest BCUT2D eigenvalue weighted by atomic mass is 9.99. The second-order valence-corrected chi connectivity index (χ2v) is 11.0. The van der Waals surface area contributed by atoms with Crippen LogP contribution in [-0.2, 0) is 20.6 Å². The summed E-state index contributed by atoms with van der Waals surface area (Å²) in [6.07, 6.45) is 1.38. The van der Waals surface area contributed by atoms with Crippen molar-refractivity contribution in [3.05, 3.63) is 64.7 Å². The number of nitrogens with one attached hydrogen (secondary N) is 1. The van der Waals surface area contributed by atoms with Crippen LogP contribution in [-0.4, -0.2) is 44.0 Å². The molecule has 1 atom stereocenters. The minimum Gasteiger partial charge on any atom is -0.355 e. The SMILES string of the molecule is Cc1ccc(CSCCNC(=O)C2CCCN(S(=O)(=O)c3ccc(Cl)cc3)C2)cc1. The third-order valence-corrected chi connectivity index (χ3v) is 8.30. The third kappa shape index (κ3) is 6.23. The van der Waals surface area contributed by atoms with Crippen LogP contribution < -0.4 is 5.32 Å². The van der Waals surface area contributed by atoms with Crippen LogP contribution in [0.3, 0.4) is 0 Å². The number of hydrogen-bond donors (Lipinski definition) is 1. The predicted molar refractivity (Wildman–Crippen MR) is 123 cm³/mol. The van der Waals surface area contributed by atoms with Gasteiger partial charge in [-0.25, -0.2) is 8.42 Å². The predicted octanol–water partition coefficient (Wildman–Crippen LogP) is 4.10. The van der Waals surface area contributed by atoms with Gasteiger partial charge in [0.15, 0.2) is 0 Å². The van der Waals surface area contributed by atoms with E-state index in [4.69, 9.17) is 11.6 Å². The first-order chi connectivity index (χ1) is 14.4. The number of amides is 1. The Balaban J connectivity index is 1.45. The number of nitrogens with zero attached hydrogens (tertiary/aromatic N) is 1. The zero-order valence-corrected chi connectivity index (χ0v) is 19.4. The Hall–Kier alpha value is -1.54. The summed E-state index contributed by atoms with van der Waals surface area (Å²) in [7, 11) is -3.62. The molecular weight excluding hydrogens is 440 g/mol. The Morgan fingerprint density at radius 1 is 1.17 bits per heavy atom. The van der Waals surface area contributed by atoms with Crippen molar-refractivity contribution in [3.63, 3.8) is 0 Å². The van der Waals surface area contributed by atoms with Gasteiger partial charge in [0.25, 0.3) is 0 Å². The fourth-order valence-corrected chi connectivity index (χ4v) is 5.86. The zero-order chi connectivity index (χ0) is 21.6. The highest BCUT2D eigenvalue weighted by molar-refractivity contribution is 7.98. The molecule has 0 spiro atoms. The topological polar surface area (TPSA) is 66.5 Å². The summed E-state index contributed by atoms with van der Waals surface area (Å²) in [5.74, 6) is 1.34. The van der Waals surface area contributed by atoms with Crippen LogP contribution in [0.1, 0.15) is 24.0 Å². The second kappa shape index (κ2) is 10.7. The molecule has 1 amide bonds. The Morgan fingerprint density at radius 2 is 1.87 bits per heavy atom. The van der Waals surface area contributed by atoms with Crippen molar-refractivity contribution < 1.29 is 13.2 Å². The van der Waals surface area contributed by atoms with E-state index in [1.54, 1.807) is 23.9 Å². The number of carbonyl (C=O) groups excluding carboxylic acids is 1. The van der Waals surface area contributed by atoms with Crippen molar-refractivity contribution >= 4 is 39.3 Å². The lowest BCUT2D eigenvalue weighted by molar-refractivity contribution is -0.125. The highest BCUT2D eigenvalue weighted by atomic mass is 35.5. The van der Waals surface area contributed by atoms with Gasteiger partial charge in [-0.2, -0.15) is 16.1 Å². The van der Waals surface area contributed by atoms with E-state index < -0.39 is 10.0 Å². The van der Waals surface area contributed by atoms with Crippen molar-refractivity contribution in [2.45, 2.75) is 30.4 Å². The summed E-state index contributed by atoms with van der Waals surface area (Å²) in [6.45, 7) is 3.30. The molecule has 1 N–H and O–H groups in total. The number of carbonyl (C=O) groups is 1. The minimum absolute atomic E-state index is 0.0676. The van der Waals surface area contributed by atoms with Gasteiger partial charge in [0.05, 0.1) is 10.8 Å². The van der Waals surface area contributed by atoms with Crippen molar-refractivity contribution in [2.24, 2.45) is 5.92 Å². The number of halogens is 1. The number of sulfonamides is 1. The van der Waals surface area contributed by atoms with Gasteiger partial charge in [0.1, 0.15) is 0 Å². The largest absolute Gasteiger partial charge is 0.355 e. The fraction of sp³-hybridized carbons (Fsp3) is 0.409. The number of benzene rings is 2. The van der Waals surface area contributed by atoms with Crippen LogP contribution in [0.15, 0.2) is 53.4 Å². The average Bonchev–Trinajstić information content (AvgIpc) is 2.75. The number of piperidine rings is 1. The molecule has 3 rings (SSSR count). The summed E-state index contributed by atoms with van der Waals surface area (Å²) < 4.78 is 27.2. The van der Waals surface area contributed by atoms with Crippen LogP contribution >= 0.6 is 23.4 Å². The van der Waals surface area contributed by atoms with Crippen LogP contribution in [0.25, 0.3) is 0 Å². The van der Waals surface area contributed by atoms with Gasteiger partial charge in [0, 0.05) is 36.2 Å². The molecule has 0 saturated carbocycles. The monoisotopic (exact) mass is 466 g/mol. The summed E-state index contributed by atoms with van der Waals surface area (Å²) in [5, 5.41) is 3.46. The Bertz CT molecular complexity index is 947. The fourth-order valence-electron chi connectivity index (χ4n) is 3.40. The molecule has 2 aromatic carbocycles. The van der Waals surface area contributed by atoms with Crippen molar-refractivity contribution in [3.8, 4) is 0 Å². The van der Waals surface area contributed by atoms with E-state index >= 15 is 0 Å². The molecule has 5 nitrogen and oxygen atoms in total. The molecule has 0 aromatic heterocycles. The lowest BCUT2D eigenvalue weighted by Crippen LogP contribution is -2.45. The van der Waals surface area contributed by atoms with Gasteiger partial charge in [-0.15, -0.1) is 0 Å². The van der Waals surface area contributed by atoms with E-state index in [0.717, 1.165) is 11.5 Å². The second-order valence-electron chi connectivity index (χ2n) is 7.49. The van der Waals surface area contributed by atoms with Crippen LogP contribution in [0.4, 0.5) is 0 Å². The Labute approximate surface area is 188 Å². The molecule has 162 valence electrons. The van der Waals surface area contributed by atoms with E-state index in [2.05, 4.69) is 36.5 Å². The summed E-state index contributed by atoms with van der Waals surface area (Å²) in [6, 6.07) is 14.6. The molecule has 1 aliphatic rings.